The van der Waals surface area contributed by atoms with E-state index in [0.29, 0.717) is 0 Å². The number of amides is 2. The number of rotatable bonds is 3. The maximum atomic E-state index is 11.2. The Kier molecular flexibility index (Phi) is 3.26. The van der Waals surface area contributed by atoms with Crippen molar-refractivity contribution in [3.63, 3.8) is 0 Å². The first-order valence-corrected chi connectivity index (χ1v) is 4.60. The topological polar surface area (TPSA) is 58.2 Å². The molecule has 2 N–H and O–H groups in total. The van der Waals surface area contributed by atoms with E-state index in [1.54, 1.807) is 0 Å². The molecule has 0 aromatic carbocycles. The van der Waals surface area contributed by atoms with Crippen LogP contribution in [0.5, 0.6) is 0 Å². The average molecular weight is 194 g/mol. The van der Waals surface area contributed by atoms with Crippen LogP contribution in [0.1, 0.15) is 20.3 Å². The molecule has 14 heavy (non-hydrogen) atoms. The van der Waals surface area contributed by atoms with Gasteiger partial charge in [-0.1, -0.05) is 19.8 Å². The molecule has 0 bridgehead atoms. The average Bonchev–Trinajstić information content (AvgIpc) is 2.40. The van der Waals surface area contributed by atoms with Crippen LogP contribution in [-0.4, -0.2) is 23.9 Å². The molecule has 0 radical (unpaired) electrons. The summed E-state index contributed by atoms with van der Waals surface area (Å²) in [7, 11) is 0. The fourth-order valence-electron chi connectivity index (χ4n) is 1.34. The predicted molar refractivity (Wildman–Crippen MR) is 52.1 cm³/mol. The third kappa shape index (κ3) is 2.33. The maximum Gasteiger partial charge on any atom is 0.244 e. The summed E-state index contributed by atoms with van der Waals surface area (Å²) < 4.78 is 0. The molecule has 4 heteroatoms. The Morgan fingerprint density at radius 1 is 1.57 bits per heavy atom. The fraction of sp³-hybridized carbons (Fsp3) is 0.600. The molecule has 4 nitrogen and oxygen atoms in total. The number of carbonyl (C=O) groups is 2. The summed E-state index contributed by atoms with van der Waals surface area (Å²) >= 11 is 0. The largest absolute Gasteiger partial charge is 0.295 e. The second-order valence-electron chi connectivity index (χ2n) is 3.72. The third-order valence-electron chi connectivity index (χ3n) is 2.20. The van der Waals surface area contributed by atoms with Crippen LogP contribution in [0.15, 0.2) is 0 Å². The fourth-order valence-corrected chi connectivity index (χ4v) is 1.34. The highest BCUT2D eigenvalue weighted by Crippen LogP contribution is 2.06. The van der Waals surface area contributed by atoms with E-state index >= 15 is 0 Å². The summed E-state index contributed by atoms with van der Waals surface area (Å²) in [5.41, 5.74) is 0. The Balaban J connectivity index is 2.56. The quantitative estimate of drug-likeness (QED) is 0.477. The lowest BCUT2D eigenvalue weighted by atomic mass is 10.0. The second kappa shape index (κ2) is 4.25. The SMILES string of the molecule is C#CC(NC1CC(=O)NC1=O)C(C)C. The smallest absolute Gasteiger partial charge is 0.244 e. The van der Waals surface area contributed by atoms with Crippen LogP contribution in [0.2, 0.25) is 0 Å². The van der Waals surface area contributed by atoms with Gasteiger partial charge in [0.25, 0.3) is 0 Å². The molecule has 0 aliphatic carbocycles. The van der Waals surface area contributed by atoms with Crippen LogP contribution < -0.4 is 10.6 Å². The van der Waals surface area contributed by atoms with Gasteiger partial charge in [0.15, 0.2) is 0 Å². The molecule has 1 heterocycles. The standard InChI is InChI=1S/C10H14N2O2/c1-4-7(6(2)3)11-8-5-9(13)12-10(8)14/h1,6-8,11H,5H2,2-3H3,(H,12,13,14). The zero-order valence-corrected chi connectivity index (χ0v) is 8.33. The Morgan fingerprint density at radius 2 is 2.21 bits per heavy atom. The van der Waals surface area contributed by atoms with Crippen LogP contribution in [0.25, 0.3) is 0 Å². The van der Waals surface area contributed by atoms with E-state index in [1.807, 2.05) is 13.8 Å². The van der Waals surface area contributed by atoms with Gasteiger partial charge in [0.05, 0.1) is 18.5 Å². The van der Waals surface area contributed by atoms with Crippen molar-refractivity contribution in [2.75, 3.05) is 0 Å². The molecule has 2 unspecified atom stereocenters. The lowest BCUT2D eigenvalue weighted by Crippen LogP contribution is -2.44. The molecular formula is C10H14N2O2. The van der Waals surface area contributed by atoms with Gasteiger partial charge in [0.2, 0.25) is 11.8 Å². The van der Waals surface area contributed by atoms with Gasteiger partial charge in [-0.3, -0.25) is 20.2 Å². The van der Waals surface area contributed by atoms with E-state index in [0.717, 1.165) is 0 Å². The minimum Gasteiger partial charge on any atom is -0.295 e. The lowest BCUT2D eigenvalue weighted by molar-refractivity contribution is -0.125. The second-order valence-corrected chi connectivity index (χ2v) is 3.72. The van der Waals surface area contributed by atoms with E-state index in [-0.39, 0.29) is 30.2 Å². The summed E-state index contributed by atoms with van der Waals surface area (Å²) in [5, 5.41) is 5.20. The van der Waals surface area contributed by atoms with Crippen molar-refractivity contribution in [3.05, 3.63) is 0 Å². The van der Waals surface area contributed by atoms with Gasteiger partial charge in [0, 0.05) is 0 Å². The molecule has 0 aromatic heterocycles. The first-order chi connectivity index (χ1) is 6.54. The monoisotopic (exact) mass is 194 g/mol. The number of nitrogens with one attached hydrogen (secondary N) is 2. The van der Waals surface area contributed by atoms with Crippen molar-refractivity contribution in [2.24, 2.45) is 5.92 Å². The van der Waals surface area contributed by atoms with Gasteiger partial charge in [0.1, 0.15) is 0 Å². The zero-order chi connectivity index (χ0) is 10.7. The van der Waals surface area contributed by atoms with Gasteiger partial charge >= 0.3 is 0 Å². The number of carbonyl (C=O) groups excluding carboxylic acids is 2. The van der Waals surface area contributed by atoms with Crippen molar-refractivity contribution >= 4 is 11.8 Å². The molecule has 0 aromatic rings. The number of terminal acetylenes is 1. The van der Waals surface area contributed by atoms with Gasteiger partial charge in [-0.15, -0.1) is 6.42 Å². The van der Waals surface area contributed by atoms with Crippen molar-refractivity contribution in [2.45, 2.75) is 32.4 Å². The number of imide groups is 1. The first-order valence-electron chi connectivity index (χ1n) is 4.60. The summed E-state index contributed by atoms with van der Waals surface area (Å²) in [6.07, 6.45) is 5.49. The summed E-state index contributed by atoms with van der Waals surface area (Å²) in [5.74, 6) is 2.28. The Morgan fingerprint density at radius 3 is 2.57 bits per heavy atom. The van der Waals surface area contributed by atoms with Gasteiger partial charge in [-0.2, -0.15) is 0 Å². The summed E-state index contributed by atoms with van der Waals surface area (Å²) in [6, 6.07) is -0.636. The highest BCUT2D eigenvalue weighted by molar-refractivity contribution is 6.05. The van der Waals surface area contributed by atoms with E-state index < -0.39 is 6.04 Å². The summed E-state index contributed by atoms with van der Waals surface area (Å²) in [4.78, 5) is 22.1. The van der Waals surface area contributed by atoms with Crippen LogP contribution in [0.4, 0.5) is 0 Å². The molecule has 2 atom stereocenters. The Labute approximate surface area is 83.4 Å². The molecule has 0 spiro atoms. The van der Waals surface area contributed by atoms with E-state index in [1.165, 1.54) is 0 Å². The van der Waals surface area contributed by atoms with Crippen molar-refractivity contribution < 1.29 is 9.59 Å². The minimum absolute atomic E-state index is 0.170. The van der Waals surface area contributed by atoms with Crippen molar-refractivity contribution in [1.82, 2.24) is 10.6 Å². The molecule has 1 saturated heterocycles. The molecule has 2 amide bonds. The molecular weight excluding hydrogens is 180 g/mol. The lowest BCUT2D eigenvalue weighted by Gasteiger charge is -2.19. The summed E-state index contributed by atoms with van der Waals surface area (Å²) in [6.45, 7) is 3.93. The maximum absolute atomic E-state index is 11.2. The third-order valence-corrected chi connectivity index (χ3v) is 2.20. The molecule has 1 rings (SSSR count). The van der Waals surface area contributed by atoms with E-state index in [4.69, 9.17) is 6.42 Å². The Bertz CT molecular complexity index is 291. The Hall–Kier alpha value is -1.34. The first kappa shape index (κ1) is 10.7. The van der Waals surface area contributed by atoms with E-state index in [2.05, 4.69) is 16.6 Å². The molecule has 1 aliphatic rings. The highest BCUT2D eigenvalue weighted by Gasteiger charge is 2.32. The predicted octanol–water partition coefficient (Wildman–Crippen LogP) is -0.351. The van der Waals surface area contributed by atoms with E-state index in [9.17, 15) is 9.59 Å². The van der Waals surface area contributed by atoms with Gasteiger partial charge < -0.3 is 0 Å². The van der Waals surface area contributed by atoms with Crippen molar-refractivity contribution in [3.8, 4) is 12.3 Å². The number of hydrogen-bond acceptors (Lipinski definition) is 3. The van der Waals surface area contributed by atoms with Crippen molar-refractivity contribution in [1.29, 1.82) is 0 Å². The van der Waals surface area contributed by atoms with Gasteiger partial charge in [-0.05, 0) is 5.92 Å². The normalized spacial score (nSPS) is 23.4. The molecule has 1 aliphatic heterocycles. The molecule has 0 saturated carbocycles. The van der Waals surface area contributed by atoms with Crippen LogP contribution in [0.3, 0.4) is 0 Å². The van der Waals surface area contributed by atoms with Crippen LogP contribution in [0, 0.1) is 18.3 Å². The molecule has 76 valence electrons. The number of hydrogen-bond donors (Lipinski definition) is 2. The zero-order valence-electron chi connectivity index (χ0n) is 8.33. The molecule has 1 fully saturated rings. The van der Waals surface area contributed by atoms with Crippen LogP contribution in [-0.2, 0) is 9.59 Å². The minimum atomic E-state index is -0.467. The highest BCUT2D eigenvalue weighted by atomic mass is 16.2. The van der Waals surface area contributed by atoms with Gasteiger partial charge in [-0.25, -0.2) is 0 Å². The van der Waals surface area contributed by atoms with Crippen LogP contribution >= 0.6 is 0 Å².